The second-order valence-corrected chi connectivity index (χ2v) is 9.88. The van der Waals surface area contributed by atoms with Gasteiger partial charge in [0.2, 0.25) is 5.91 Å². The third-order valence-electron chi connectivity index (χ3n) is 5.23. The van der Waals surface area contributed by atoms with E-state index in [1.165, 1.54) is 38.3 Å². The van der Waals surface area contributed by atoms with Gasteiger partial charge in [-0.2, -0.15) is 5.10 Å². The summed E-state index contributed by atoms with van der Waals surface area (Å²) in [5, 5.41) is 6.72. The standard InChI is InChI=1S/C26H28N4O5S/c1-18-5-7-21(8-6-18)19(2)28-29-26(32)17-30(23-11-13-24(35-4)14-12-23)36(33,34)25-15-9-22(10-16-25)27-20(3)31/h5-16H,17H2,1-4H3,(H,27,31)(H,29,32)/b28-19-. The molecular formula is C26H28N4O5S. The summed E-state index contributed by atoms with van der Waals surface area (Å²) < 4.78 is 33.2. The van der Waals surface area contributed by atoms with Gasteiger partial charge in [0.15, 0.2) is 0 Å². The van der Waals surface area contributed by atoms with Gasteiger partial charge in [0.25, 0.3) is 15.9 Å². The lowest BCUT2D eigenvalue weighted by atomic mass is 10.1. The van der Waals surface area contributed by atoms with Crippen molar-refractivity contribution in [3.8, 4) is 5.75 Å². The molecule has 0 aliphatic heterocycles. The third-order valence-corrected chi connectivity index (χ3v) is 7.02. The van der Waals surface area contributed by atoms with Crippen molar-refractivity contribution in [2.75, 3.05) is 23.3 Å². The van der Waals surface area contributed by atoms with Gasteiger partial charge in [0.1, 0.15) is 12.3 Å². The highest BCUT2D eigenvalue weighted by molar-refractivity contribution is 7.92. The minimum atomic E-state index is -4.14. The van der Waals surface area contributed by atoms with E-state index in [4.69, 9.17) is 4.74 Å². The molecule has 3 rings (SSSR count). The van der Waals surface area contributed by atoms with Crippen LogP contribution in [-0.4, -0.2) is 39.6 Å². The van der Waals surface area contributed by atoms with Crippen LogP contribution in [0.4, 0.5) is 11.4 Å². The number of hydrogen-bond donors (Lipinski definition) is 2. The van der Waals surface area contributed by atoms with Gasteiger partial charge in [0, 0.05) is 12.6 Å². The average molecular weight is 509 g/mol. The lowest BCUT2D eigenvalue weighted by molar-refractivity contribution is -0.119. The van der Waals surface area contributed by atoms with E-state index in [0.29, 0.717) is 17.1 Å². The third kappa shape index (κ3) is 6.70. The minimum absolute atomic E-state index is 0.0421. The Hall–Kier alpha value is -4.18. The number of sulfonamides is 1. The molecule has 0 aromatic heterocycles. The molecule has 0 atom stereocenters. The Morgan fingerprint density at radius 3 is 2.08 bits per heavy atom. The second kappa shape index (κ2) is 11.5. The highest BCUT2D eigenvalue weighted by Gasteiger charge is 2.27. The predicted octanol–water partition coefficient (Wildman–Crippen LogP) is 3.70. The van der Waals surface area contributed by atoms with Crippen molar-refractivity contribution in [3.05, 3.63) is 83.9 Å². The summed E-state index contributed by atoms with van der Waals surface area (Å²) in [5.74, 6) is -0.349. The van der Waals surface area contributed by atoms with Crippen molar-refractivity contribution >= 4 is 38.9 Å². The molecule has 188 valence electrons. The molecule has 0 saturated heterocycles. The van der Waals surface area contributed by atoms with Crippen LogP contribution in [0.2, 0.25) is 0 Å². The zero-order valence-electron chi connectivity index (χ0n) is 20.5. The Morgan fingerprint density at radius 1 is 0.917 bits per heavy atom. The normalized spacial score (nSPS) is 11.5. The van der Waals surface area contributed by atoms with Gasteiger partial charge in [-0.1, -0.05) is 29.8 Å². The SMILES string of the molecule is COc1ccc(N(CC(=O)N/N=C(/C)c2ccc(C)cc2)S(=O)(=O)c2ccc(NC(C)=O)cc2)cc1. The van der Waals surface area contributed by atoms with Gasteiger partial charge in [0.05, 0.1) is 23.4 Å². The molecule has 3 aromatic rings. The monoisotopic (exact) mass is 508 g/mol. The van der Waals surface area contributed by atoms with E-state index in [1.807, 2.05) is 31.2 Å². The predicted molar refractivity (Wildman–Crippen MR) is 140 cm³/mol. The van der Waals surface area contributed by atoms with E-state index >= 15 is 0 Å². The summed E-state index contributed by atoms with van der Waals surface area (Å²) in [4.78, 5) is 24.0. The molecule has 0 fully saturated rings. The molecule has 0 unspecified atom stereocenters. The summed E-state index contributed by atoms with van der Waals surface area (Å²) >= 11 is 0. The van der Waals surface area contributed by atoms with Crippen LogP contribution >= 0.6 is 0 Å². The number of benzene rings is 3. The summed E-state index contributed by atoms with van der Waals surface area (Å²) in [6, 6.07) is 19.7. The minimum Gasteiger partial charge on any atom is -0.497 e. The lowest BCUT2D eigenvalue weighted by Gasteiger charge is -2.24. The van der Waals surface area contributed by atoms with Crippen molar-refractivity contribution in [2.24, 2.45) is 5.10 Å². The number of aryl methyl sites for hydroxylation is 1. The van der Waals surface area contributed by atoms with Crippen molar-refractivity contribution in [1.29, 1.82) is 0 Å². The van der Waals surface area contributed by atoms with Gasteiger partial charge < -0.3 is 10.1 Å². The summed E-state index contributed by atoms with van der Waals surface area (Å²) in [6.45, 7) is 4.57. The molecule has 0 aliphatic carbocycles. The van der Waals surface area contributed by atoms with Crippen molar-refractivity contribution in [2.45, 2.75) is 25.7 Å². The molecular weight excluding hydrogens is 480 g/mol. The highest BCUT2D eigenvalue weighted by atomic mass is 32.2. The van der Waals surface area contributed by atoms with E-state index in [2.05, 4.69) is 15.8 Å². The summed E-state index contributed by atoms with van der Waals surface area (Å²) in [5.41, 5.74) is 5.68. The maximum absolute atomic E-state index is 13.5. The number of anilines is 2. The first-order valence-electron chi connectivity index (χ1n) is 11.0. The Morgan fingerprint density at radius 2 is 1.53 bits per heavy atom. The average Bonchev–Trinajstić information content (AvgIpc) is 2.86. The van der Waals surface area contributed by atoms with Crippen molar-refractivity contribution < 1.29 is 22.7 Å². The number of hydrogen-bond acceptors (Lipinski definition) is 6. The van der Waals surface area contributed by atoms with Gasteiger partial charge in [-0.15, -0.1) is 0 Å². The number of carbonyl (C=O) groups is 2. The van der Waals surface area contributed by atoms with Crippen LogP contribution in [0.25, 0.3) is 0 Å². The largest absolute Gasteiger partial charge is 0.497 e. The van der Waals surface area contributed by atoms with Crippen LogP contribution in [-0.2, 0) is 19.6 Å². The molecule has 2 amide bonds. The maximum atomic E-state index is 13.5. The Kier molecular flexibility index (Phi) is 8.44. The van der Waals surface area contributed by atoms with Crippen LogP contribution < -0.4 is 19.8 Å². The Balaban J connectivity index is 1.87. The number of hydrazone groups is 1. The highest BCUT2D eigenvalue weighted by Crippen LogP contribution is 2.26. The first-order chi connectivity index (χ1) is 17.1. The van der Waals surface area contributed by atoms with Gasteiger partial charge in [-0.05, 0) is 67.9 Å². The molecule has 0 spiro atoms. The van der Waals surface area contributed by atoms with E-state index < -0.39 is 22.5 Å². The molecule has 9 nitrogen and oxygen atoms in total. The number of ether oxygens (including phenoxy) is 1. The smallest absolute Gasteiger partial charge is 0.264 e. The fraction of sp³-hybridized carbons (Fsp3) is 0.192. The molecule has 3 aromatic carbocycles. The fourth-order valence-electron chi connectivity index (χ4n) is 3.28. The fourth-order valence-corrected chi connectivity index (χ4v) is 4.70. The zero-order valence-corrected chi connectivity index (χ0v) is 21.3. The molecule has 0 heterocycles. The first-order valence-corrected chi connectivity index (χ1v) is 12.5. The number of amides is 2. The van der Waals surface area contributed by atoms with Gasteiger partial charge >= 0.3 is 0 Å². The molecule has 0 aliphatic rings. The van der Waals surface area contributed by atoms with Crippen LogP contribution in [0.3, 0.4) is 0 Å². The molecule has 36 heavy (non-hydrogen) atoms. The Bertz CT molecular complexity index is 1350. The topological polar surface area (TPSA) is 117 Å². The van der Waals surface area contributed by atoms with Crippen LogP contribution in [0.15, 0.2) is 82.8 Å². The number of nitrogens with one attached hydrogen (secondary N) is 2. The summed E-state index contributed by atoms with van der Waals surface area (Å²) in [7, 11) is -2.64. The zero-order chi connectivity index (χ0) is 26.3. The van der Waals surface area contributed by atoms with E-state index in [1.54, 1.807) is 31.2 Å². The quantitative estimate of drug-likeness (QED) is 0.338. The number of carbonyl (C=O) groups excluding carboxylic acids is 2. The first kappa shape index (κ1) is 26.4. The molecule has 0 radical (unpaired) electrons. The molecule has 0 saturated carbocycles. The van der Waals surface area contributed by atoms with E-state index in [0.717, 1.165) is 15.4 Å². The number of nitrogens with zero attached hydrogens (tertiary/aromatic N) is 2. The van der Waals surface area contributed by atoms with Gasteiger partial charge in [-0.25, -0.2) is 13.8 Å². The van der Waals surface area contributed by atoms with Crippen LogP contribution in [0.1, 0.15) is 25.0 Å². The number of rotatable bonds is 9. The summed E-state index contributed by atoms with van der Waals surface area (Å²) in [6.07, 6.45) is 0. The van der Waals surface area contributed by atoms with E-state index in [-0.39, 0.29) is 16.5 Å². The molecule has 0 bridgehead atoms. The Labute approximate surface area is 210 Å². The second-order valence-electron chi connectivity index (χ2n) is 8.01. The lowest BCUT2D eigenvalue weighted by Crippen LogP contribution is -2.39. The van der Waals surface area contributed by atoms with E-state index in [9.17, 15) is 18.0 Å². The van der Waals surface area contributed by atoms with Crippen molar-refractivity contribution in [3.63, 3.8) is 0 Å². The van der Waals surface area contributed by atoms with Gasteiger partial charge in [-0.3, -0.25) is 13.9 Å². The molecule has 2 N–H and O–H groups in total. The molecule has 10 heteroatoms. The maximum Gasteiger partial charge on any atom is 0.264 e. The van der Waals surface area contributed by atoms with Crippen molar-refractivity contribution in [1.82, 2.24) is 5.43 Å². The number of methoxy groups -OCH3 is 1. The van der Waals surface area contributed by atoms with Crippen LogP contribution in [0, 0.1) is 6.92 Å². The van der Waals surface area contributed by atoms with Crippen LogP contribution in [0.5, 0.6) is 5.75 Å².